The Morgan fingerprint density at radius 1 is 0.821 bits per heavy atom. The lowest BCUT2D eigenvalue weighted by atomic mass is 9.92. The molecule has 1 aromatic heterocycles. The molecule has 28 heavy (non-hydrogen) atoms. The molecule has 0 N–H and O–H groups in total. The number of aromatic nitrogens is 4. The van der Waals surface area contributed by atoms with Crippen LogP contribution in [-0.2, 0) is 0 Å². The molecule has 0 atom stereocenters. The first-order chi connectivity index (χ1) is 13.3. The van der Waals surface area contributed by atoms with Gasteiger partial charge in [-0.2, -0.15) is 4.68 Å². The Morgan fingerprint density at radius 2 is 1.39 bits per heavy atom. The van der Waals surface area contributed by atoms with Gasteiger partial charge in [0.25, 0.3) is 0 Å². The summed E-state index contributed by atoms with van der Waals surface area (Å²) in [6.07, 6.45) is 0. The van der Waals surface area contributed by atoms with Crippen molar-refractivity contribution < 1.29 is 4.74 Å². The van der Waals surface area contributed by atoms with E-state index in [1.165, 1.54) is 0 Å². The van der Waals surface area contributed by atoms with E-state index in [4.69, 9.17) is 17.0 Å². The summed E-state index contributed by atoms with van der Waals surface area (Å²) in [5.41, 5.74) is 3.30. The van der Waals surface area contributed by atoms with Crippen molar-refractivity contribution in [2.45, 2.75) is 59.4 Å². The number of nitrogens with zero attached hydrogens (tertiary/aromatic N) is 4. The molecule has 5 nitrogen and oxygen atoms in total. The summed E-state index contributed by atoms with van der Waals surface area (Å²) in [5.74, 6) is 2.20. The van der Waals surface area contributed by atoms with Crippen LogP contribution in [0.3, 0.4) is 0 Å². The molecular weight excluding hydrogens is 368 g/mol. The average Bonchev–Trinajstić information content (AvgIpc) is 3.03. The third kappa shape index (κ3) is 4.02. The molecule has 2 aromatic carbocycles. The lowest BCUT2D eigenvalue weighted by Crippen LogP contribution is -2.10. The van der Waals surface area contributed by atoms with Crippen molar-refractivity contribution >= 4 is 12.2 Å². The van der Waals surface area contributed by atoms with Crippen molar-refractivity contribution in [1.82, 2.24) is 19.8 Å². The number of para-hydroxylation sites is 1. The summed E-state index contributed by atoms with van der Waals surface area (Å²) < 4.78 is 10.3. The van der Waals surface area contributed by atoms with Gasteiger partial charge in [0.1, 0.15) is 11.5 Å². The highest BCUT2D eigenvalue weighted by Crippen LogP contribution is 2.36. The monoisotopic (exact) mass is 396 g/mol. The normalized spacial score (nSPS) is 11.6. The first kappa shape index (κ1) is 20.3. The van der Waals surface area contributed by atoms with Crippen molar-refractivity contribution in [3.05, 3.63) is 58.4 Å². The molecule has 0 saturated heterocycles. The van der Waals surface area contributed by atoms with Gasteiger partial charge in [-0.05, 0) is 83.7 Å². The first-order valence-corrected chi connectivity index (χ1v) is 10.2. The molecule has 0 saturated carbocycles. The molecule has 0 aliphatic heterocycles. The van der Waals surface area contributed by atoms with E-state index in [0.29, 0.717) is 4.77 Å². The molecule has 0 unspecified atom stereocenters. The molecule has 0 aliphatic carbocycles. The van der Waals surface area contributed by atoms with Crippen LogP contribution in [0.15, 0.2) is 42.5 Å². The van der Waals surface area contributed by atoms with Crippen LogP contribution in [0.1, 0.15) is 70.5 Å². The van der Waals surface area contributed by atoms with Gasteiger partial charge in [-0.15, -0.1) is 0 Å². The van der Waals surface area contributed by atoms with Crippen molar-refractivity contribution in [2.24, 2.45) is 0 Å². The van der Waals surface area contributed by atoms with Gasteiger partial charge in [-0.1, -0.05) is 45.9 Å². The first-order valence-electron chi connectivity index (χ1n) is 9.75. The fourth-order valence-electron chi connectivity index (χ4n) is 3.18. The minimum atomic E-state index is 0.159. The van der Waals surface area contributed by atoms with Crippen LogP contribution in [0.2, 0.25) is 0 Å². The molecule has 0 fully saturated rings. The van der Waals surface area contributed by atoms with Gasteiger partial charge in [-0.3, -0.25) is 0 Å². The third-order valence-electron chi connectivity index (χ3n) is 4.67. The van der Waals surface area contributed by atoms with E-state index in [9.17, 15) is 0 Å². The van der Waals surface area contributed by atoms with E-state index in [2.05, 4.69) is 64.1 Å². The van der Waals surface area contributed by atoms with E-state index >= 15 is 0 Å². The van der Waals surface area contributed by atoms with Crippen LogP contribution in [0.4, 0.5) is 0 Å². The summed E-state index contributed by atoms with van der Waals surface area (Å²) in [6, 6.07) is 14.2. The van der Waals surface area contributed by atoms with Gasteiger partial charge in [0, 0.05) is 0 Å². The van der Waals surface area contributed by atoms with Gasteiger partial charge in [0.15, 0.2) is 0 Å². The topological polar surface area (TPSA) is 44.9 Å². The molecule has 3 rings (SSSR count). The van der Waals surface area contributed by atoms with Crippen LogP contribution < -0.4 is 4.74 Å². The Balaban J connectivity index is 2.20. The summed E-state index contributed by atoms with van der Waals surface area (Å²) in [7, 11) is 0. The highest BCUT2D eigenvalue weighted by Gasteiger charge is 2.21. The molecule has 0 amide bonds. The molecule has 6 heteroatoms. The summed E-state index contributed by atoms with van der Waals surface area (Å²) in [4.78, 5) is 0. The zero-order chi connectivity index (χ0) is 20.4. The van der Waals surface area contributed by atoms with E-state index in [1.54, 1.807) is 9.36 Å². The zero-order valence-electron chi connectivity index (χ0n) is 17.4. The molecule has 148 valence electrons. The third-order valence-corrected chi connectivity index (χ3v) is 5.03. The predicted molar refractivity (Wildman–Crippen MR) is 115 cm³/mol. The highest BCUT2D eigenvalue weighted by atomic mass is 32.1. The van der Waals surface area contributed by atoms with Gasteiger partial charge >= 0.3 is 0 Å². The minimum Gasteiger partial charge on any atom is -0.457 e. The second-order valence-electron chi connectivity index (χ2n) is 7.89. The quantitative estimate of drug-likeness (QED) is 0.451. The minimum absolute atomic E-state index is 0.159. The second-order valence-corrected chi connectivity index (χ2v) is 8.25. The Labute approximate surface area is 171 Å². The molecule has 0 bridgehead atoms. The van der Waals surface area contributed by atoms with Gasteiger partial charge in [0.2, 0.25) is 4.77 Å². The summed E-state index contributed by atoms with van der Waals surface area (Å²) >= 11 is 5.68. The predicted octanol–water partition coefficient (Wildman–Crippen LogP) is 6.42. The summed E-state index contributed by atoms with van der Waals surface area (Å²) in [5, 5.41) is 8.67. The molecule has 1 heterocycles. The number of ether oxygens (including phenoxy) is 1. The van der Waals surface area contributed by atoms with E-state index in [0.717, 1.165) is 28.3 Å². The van der Waals surface area contributed by atoms with Crippen LogP contribution in [0, 0.1) is 4.77 Å². The zero-order valence-corrected chi connectivity index (χ0v) is 18.2. The number of hydrogen-bond acceptors (Lipinski definition) is 4. The summed E-state index contributed by atoms with van der Waals surface area (Å²) in [6.45, 7) is 12.8. The number of tetrazole rings is 1. The van der Waals surface area contributed by atoms with Crippen LogP contribution in [-0.4, -0.2) is 19.8 Å². The maximum atomic E-state index is 6.15. The van der Waals surface area contributed by atoms with Crippen molar-refractivity contribution in [2.75, 3.05) is 0 Å². The van der Waals surface area contributed by atoms with Crippen molar-refractivity contribution in [1.29, 1.82) is 0 Å². The number of rotatable bonds is 6. The largest absolute Gasteiger partial charge is 0.457 e. The maximum absolute atomic E-state index is 6.15. The molecule has 0 spiro atoms. The van der Waals surface area contributed by atoms with E-state index < -0.39 is 0 Å². The fraction of sp³-hybridized carbons (Fsp3) is 0.409. The smallest absolute Gasteiger partial charge is 0.220 e. The lowest BCUT2D eigenvalue weighted by Gasteiger charge is -2.21. The Hall–Kier alpha value is -2.47. The van der Waals surface area contributed by atoms with E-state index in [1.807, 2.05) is 30.3 Å². The second kappa shape index (κ2) is 8.27. The van der Waals surface area contributed by atoms with Crippen LogP contribution in [0.5, 0.6) is 11.5 Å². The molecular formula is C22H28N4OS. The Kier molecular flexibility index (Phi) is 5.98. The average molecular weight is 397 g/mol. The van der Waals surface area contributed by atoms with Crippen molar-refractivity contribution in [3.8, 4) is 17.2 Å². The van der Waals surface area contributed by atoms with Gasteiger partial charge in [0.05, 0.1) is 11.7 Å². The Bertz CT molecular complexity index is 974. The fourth-order valence-corrected chi connectivity index (χ4v) is 3.56. The van der Waals surface area contributed by atoms with Crippen LogP contribution >= 0.6 is 12.2 Å². The molecule has 0 radical (unpaired) electrons. The molecule has 3 aromatic rings. The lowest BCUT2D eigenvalue weighted by molar-refractivity contribution is 0.480. The van der Waals surface area contributed by atoms with Gasteiger partial charge in [-0.25, -0.2) is 4.68 Å². The number of benzene rings is 2. The van der Waals surface area contributed by atoms with Gasteiger partial charge < -0.3 is 4.74 Å². The standard InChI is InChI=1S/C22H28N4OS/c1-14(2)19-12-18(27-17-10-8-7-9-11-17)13-20(15(3)4)21(19)26-22(28)25(16(5)6)23-24-26/h7-16H,1-6H3. The number of hydrogen-bond donors (Lipinski definition) is 0. The van der Waals surface area contributed by atoms with Crippen molar-refractivity contribution in [3.63, 3.8) is 0 Å². The van der Waals surface area contributed by atoms with E-state index in [-0.39, 0.29) is 17.9 Å². The molecule has 0 aliphatic rings. The maximum Gasteiger partial charge on any atom is 0.220 e. The Morgan fingerprint density at radius 3 is 1.86 bits per heavy atom. The highest BCUT2D eigenvalue weighted by molar-refractivity contribution is 7.71. The SMILES string of the molecule is CC(C)c1cc(Oc2ccccc2)cc(C(C)C)c1-n1nnn(C(C)C)c1=S. The van der Waals surface area contributed by atoms with Crippen LogP contribution in [0.25, 0.3) is 5.69 Å².